The highest BCUT2D eigenvalue weighted by Crippen LogP contribution is 2.33. The lowest BCUT2D eigenvalue weighted by molar-refractivity contribution is 0.0224. The second kappa shape index (κ2) is 6.55. The highest BCUT2D eigenvalue weighted by Gasteiger charge is 2.33. The third-order valence-electron chi connectivity index (χ3n) is 3.90. The van der Waals surface area contributed by atoms with Crippen molar-refractivity contribution in [3.63, 3.8) is 0 Å². The molecule has 0 spiro atoms. The van der Waals surface area contributed by atoms with Crippen LogP contribution in [-0.4, -0.2) is 41.7 Å². The van der Waals surface area contributed by atoms with E-state index in [9.17, 15) is 4.79 Å². The summed E-state index contributed by atoms with van der Waals surface area (Å²) in [4.78, 5) is 20.8. The third kappa shape index (κ3) is 3.90. The second-order valence-corrected chi connectivity index (χ2v) is 6.80. The summed E-state index contributed by atoms with van der Waals surface area (Å²) >= 11 is 0. The largest absolute Gasteiger partial charge is 0.444 e. The van der Waals surface area contributed by atoms with E-state index in [4.69, 9.17) is 4.74 Å². The molecule has 122 valence electrons. The molecule has 0 bridgehead atoms. The Bertz CT molecular complexity index is 508. The maximum Gasteiger partial charge on any atom is 0.410 e. The predicted molar refractivity (Wildman–Crippen MR) is 88.1 cm³/mol. The standard InChI is InChI=1S/C17H27N3O2/c1-6-19(5)15-10-9-13(12-18-15)14-8-7-11-20(14)16(21)22-17(2,3)4/h9-10,12,14H,6-8,11H2,1-5H3/t14-/m0/s1. The number of pyridine rings is 1. The molecule has 2 heterocycles. The maximum atomic E-state index is 12.3. The number of rotatable bonds is 3. The molecule has 0 saturated carbocycles. The first-order valence-corrected chi connectivity index (χ1v) is 7.98. The van der Waals surface area contributed by atoms with E-state index in [1.165, 1.54) is 0 Å². The number of carbonyl (C=O) groups is 1. The van der Waals surface area contributed by atoms with Crippen LogP contribution in [0.5, 0.6) is 0 Å². The SMILES string of the molecule is CCN(C)c1ccc([C@@H]2CCCN2C(=O)OC(C)(C)C)cn1. The summed E-state index contributed by atoms with van der Waals surface area (Å²) in [5.41, 5.74) is 0.618. The summed E-state index contributed by atoms with van der Waals surface area (Å²) in [7, 11) is 2.02. The van der Waals surface area contributed by atoms with Gasteiger partial charge in [0.1, 0.15) is 11.4 Å². The molecule has 0 aliphatic carbocycles. The number of carbonyl (C=O) groups excluding carboxylic acids is 1. The molecule has 1 amide bonds. The molecule has 0 aromatic carbocycles. The van der Waals surface area contributed by atoms with E-state index in [1.807, 2.05) is 45.0 Å². The highest BCUT2D eigenvalue weighted by atomic mass is 16.6. The first-order valence-electron chi connectivity index (χ1n) is 7.98. The van der Waals surface area contributed by atoms with Crippen LogP contribution in [0.4, 0.5) is 10.6 Å². The van der Waals surface area contributed by atoms with Crippen molar-refractivity contribution in [1.82, 2.24) is 9.88 Å². The number of ether oxygens (including phenoxy) is 1. The molecule has 0 radical (unpaired) electrons. The van der Waals surface area contributed by atoms with Crippen LogP contribution in [0.25, 0.3) is 0 Å². The zero-order chi connectivity index (χ0) is 16.3. The minimum atomic E-state index is -0.462. The van der Waals surface area contributed by atoms with E-state index >= 15 is 0 Å². The average molecular weight is 305 g/mol. The Balaban J connectivity index is 2.12. The zero-order valence-electron chi connectivity index (χ0n) is 14.3. The van der Waals surface area contributed by atoms with Gasteiger partial charge in [0.15, 0.2) is 0 Å². The van der Waals surface area contributed by atoms with Crippen LogP contribution in [0.1, 0.15) is 52.1 Å². The van der Waals surface area contributed by atoms with Crippen LogP contribution in [0.2, 0.25) is 0 Å². The summed E-state index contributed by atoms with van der Waals surface area (Å²) in [6.07, 6.45) is 3.61. The van der Waals surface area contributed by atoms with Crippen molar-refractivity contribution in [2.24, 2.45) is 0 Å². The minimum Gasteiger partial charge on any atom is -0.444 e. The van der Waals surface area contributed by atoms with Crippen LogP contribution in [0.15, 0.2) is 18.3 Å². The molecular formula is C17H27N3O2. The summed E-state index contributed by atoms with van der Waals surface area (Å²) in [5.74, 6) is 0.952. The Morgan fingerprint density at radius 3 is 2.73 bits per heavy atom. The lowest BCUT2D eigenvalue weighted by Crippen LogP contribution is -2.36. The Morgan fingerprint density at radius 2 is 2.18 bits per heavy atom. The van der Waals surface area contributed by atoms with Crippen LogP contribution in [-0.2, 0) is 4.74 Å². The average Bonchev–Trinajstić information content (AvgIpc) is 2.94. The van der Waals surface area contributed by atoms with Gasteiger partial charge in [-0.15, -0.1) is 0 Å². The molecule has 1 aromatic rings. The summed E-state index contributed by atoms with van der Waals surface area (Å²) < 4.78 is 5.51. The van der Waals surface area contributed by atoms with E-state index in [2.05, 4.69) is 22.9 Å². The minimum absolute atomic E-state index is 0.0725. The molecule has 1 aromatic heterocycles. The fourth-order valence-electron chi connectivity index (χ4n) is 2.63. The number of hydrogen-bond donors (Lipinski definition) is 0. The van der Waals surface area contributed by atoms with Crippen LogP contribution < -0.4 is 4.90 Å². The van der Waals surface area contributed by atoms with Crippen molar-refractivity contribution in [2.45, 2.75) is 52.2 Å². The number of aromatic nitrogens is 1. The smallest absolute Gasteiger partial charge is 0.410 e. The van der Waals surface area contributed by atoms with Crippen molar-refractivity contribution in [1.29, 1.82) is 0 Å². The molecular weight excluding hydrogens is 278 g/mol. The van der Waals surface area contributed by atoms with Gasteiger partial charge in [-0.3, -0.25) is 0 Å². The Labute approximate surface area is 133 Å². The number of amides is 1. The van der Waals surface area contributed by atoms with Crippen molar-refractivity contribution >= 4 is 11.9 Å². The Hall–Kier alpha value is -1.78. The number of anilines is 1. The fourth-order valence-corrected chi connectivity index (χ4v) is 2.63. The van der Waals surface area contributed by atoms with Crippen LogP contribution >= 0.6 is 0 Å². The second-order valence-electron chi connectivity index (χ2n) is 6.80. The van der Waals surface area contributed by atoms with E-state index in [0.29, 0.717) is 0 Å². The molecule has 1 fully saturated rings. The molecule has 5 nitrogen and oxygen atoms in total. The van der Waals surface area contributed by atoms with Gasteiger partial charge >= 0.3 is 6.09 Å². The number of hydrogen-bond acceptors (Lipinski definition) is 4. The molecule has 0 N–H and O–H groups in total. The molecule has 1 atom stereocenters. The molecule has 1 aliphatic heterocycles. The molecule has 0 unspecified atom stereocenters. The van der Waals surface area contributed by atoms with Gasteiger partial charge in [-0.05, 0) is 52.2 Å². The maximum absolute atomic E-state index is 12.3. The molecule has 2 rings (SSSR count). The van der Waals surface area contributed by atoms with Gasteiger partial charge in [-0.1, -0.05) is 6.07 Å². The van der Waals surface area contributed by atoms with Gasteiger partial charge < -0.3 is 14.5 Å². The van der Waals surface area contributed by atoms with Gasteiger partial charge in [0.2, 0.25) is 0 Å². The quantitative estimate of drug-likeness (QED) is 0.856. The third-order valence-corrected chi connectivity index (χ3v) is 3.90. The van der Waals surface area contributed by atoms with Gasteiger partial charge in [-0.25, -0.2) is 9.78 Å². The van der Waals surface area contributed by atoms with Gasteiger partial charge in [-0.2, -0.15) is 0 Å². The highest BCUT2D eigenvalue weighted by molar-refractivity contribution is 5.69. The van der Waals surface area contributed by atoms with Crippen molar-refractivity contribution < 1.29 is 9.53 Å². The van der Waals surface area contributed by atoms with E-state index in [-0.39, 0.29) is 12.1 Å². The molecule has 1 saturated heterocycles. The van der Waals surface area contributed by atoms with E-state index < -0.39 is 5.60 Å². The Morgan fingerprint density at radius 1 is 1.45 bits per heavy atom. The van der Waals surface area contributed by atoms with E-state index in [0.717, 1.165) is 37.3 Å². The number of nitrogens with zero attached hydrogens (tertiary/aromatic N) is 3. The van der Waals surface area contributed by atoms with Crippen LogP contribution in [0, 0.1) is 0 Å². The molecule has 22 heavy (non-hydrogen) atoms. The fraction of sp³-hybridized carbons (Fsp3) is 0.647. The Kier molecular flexibility index (Phi) is 4.94. The predicted octanol–water partition coefficient (Wildman–Crippen LogP) is 3.61. The van der Waals surface area contributed by atoms with Crippen LogP contribution in [0.3, 0.4) is 0 Å². The van der Waals surface area contributed by atoms with Crippen molar-refractivity contribution in [3.8, 4) is 0 Å². The topological polar surface area (TPSA) is 45.7 Å². The lowest BCUT2D eigenvalue weighted by atomic mass is 10.1. The van der Waals surface area contributed by atoms with Gasteiger partial charge in [0.05, 0.1) is 6.04 Å². The number of likely N-dealkylation sites (tertiary alicyclic amines) is 1. The lowest BCUT2D eigenvalue weighted by Gasteiger charge is -2.29. The zero-order valence-corrected chi connectivity index (χ0v) is 14.3. The first-order chi connectivity index (χ1) is 10.3. The monoisotopic (exact) mass is 305 g/mol. The first kappa shape index (κ1) is 16.6. The van der Waals surface area contributed by atoms with Crippen molar-refractivity contribution in [2.75, 3.05) is 25.0 Å². The van der Waals surface area contributed by atoms with E-state index in [1.54, 1.807) is 0 Å². The van der Waals surface area contributed by atoms with Crippen molar-refractivity contribution in [3.05, 3.63) is 23.9 Å². The summed E-state index contributed by atoms with van der Waals surface area (Å²) in [5, 5.41) is 0. The summed E-state index contributed by atoms with van der Waals surface area (Å²) in [6, 6.07) is 4.16. The molecule has 5 heteroatoms. The van der Waals surface area contributed by atoms with Gasteiger partial charge in [0, 0.05) is 26.3 Å². The van der Waals surface area contributed by atoms with Gasteiger partial charge in [0.25, 0.3) is 0 Å². The normalized spacial score (nSPS) is 18.4. The summed E-state index contributed by atoms with van der Waals surface area (Å²) in [6.45, 7) is 9.44. The molecule has 1 aliphatic rings.